The minimum atomic E-state index is -0.245. The van der Waals surface area contributed by atoms with Crippen molar-refractivity contribution in [1.82, 2.24) is 34.8 Å². The van der Waals surface area contributed by atoms with Gasteiger partial charge in [0.15, 0.2) is 22.0 Å². The quantitative estimate of drug-likeness (QED) is 0.471. The van der Waals surface area contributed by atoms with E-state index in [1.807, 2.05) is 31.4 Å². The molecule has 0 radical (unpaired) electrons. The fourth-order valence-electron chi connectivity index (χ4n) is 3.20. The molecule has 4 aromatic heterocycles. The summed E-state index contributed by atoms with van der Waals surface area (Å²) in [5.41, 5.74) is 1.69. The van der Waals surface area contributed by atoms with Crippen LogP contribution >= 0.6 is 12.2 Å². The molecule has 2 N–H and O–H groups in total. The van der Waals surface area contributed by atoms with E-state index in [4.69, 9.17) is 16.6 Å². The maximum absolute atomic E-state index is 13.1. The summed E-state index contributed by atoms with van der Waals surface area (Å²) in [6, 6.07) is 5.42. The van der Waals surface area contributed by atoms with Gasteiger partial charge in [-0.1, -0.05) is 0 Å². The molecule has 0 aliphatic carbocycles. The van der Waals surface area contributed by atoms with E-state index in [1.165, 1.54) is 0 Å². The van der Waals surface area contributed by atoms with Crippen LogP contribution < -0.4 is 5.32 Å². The summed E-state index contributed by atoms with van der Waals surface area (Å²) in [7, 11) is 0. The molecule has 0 saturated heterocycles. The van der Waals surface area contributed by atoms with E-state index in [0.717, 1.165) is 0 Å². The first-order valence-corrected chi connectivity index (χ1v) is 9.74. The van der Waals surface area contributed by atoms with Gasteiger partial charge in [0, 0.05) is 12.6 Å². The second-order valence-corrected chi connectivity index (χ2v) is 7.21. The highest BCUT2D eigenvalue weighted by Crippen LogP contribution is 2.26. The highest BCUT2D eigenvalue weighted by molar-refractivity contribution is 7.71. The van der Waals surface area contributed by atoms with Crippen LogP contribution in [0.1, 0.15) is 43.0 Å². The lowest BCUT2D eigenvalue weighted by Gasteiger charge is -2.10. The van der Waals surface area contributed by atoms with Gasteiger partial charge in [0.25, 0.3) is 5.91 Å². The third-order valence-electron chi connectivity index (χ3n) is 4.63. The van der Waals surface area contributed by atoms with Crippen LogP contribution in [0, 0.1) is 4.77 Å². The van der Waals surface area contributed by atoms with E-state index in [0.29, 0.717) is 45.2 Å². The van der Waals surface area contributed by atoms with E-state index in [-0.39, 0.29) is 18.5 Å². The van der Waals surface area contributed by atoms with E-state index < -0.39 is 0 Å². The highest BCUT2D eigenvalue weighted by atomic mass is 32.1. The predicted octanol–water partition coefficient (Wildman–Crippen LogP) is 3.48. The van der Waals surface area contributed by atoms with Crippen LogP contribution in [0.25, 0.3) is 22.5 Å². The molecule has 10 heteroatoms. The largest absolute Gasteiger partial charge is 0.463 e. The molecule has 0 spiro atoms. The van der Waals surface area contributed by atoms with Crippen LogP contribution in [-0.4, -0.2) is 35.4 Å². The smallest absolute Gasteiger partial charge is 0.252 e. The molecule has 0 saturated carbocycles. The van der Waals surface area contributed by atoms with Crippen molar-refractivity contribution in [3.8, 4) is 11.5 Å². The number of amides is 1. The van der Waals surface area contributed by atoms with Crippen molar-refractivity contribution in [3.05, 3.63) is 46.8 Å². The second kappa shape index (κ2) is 7.63. The molecule has 150 valence electrons. The molecular weight excluding hydrogens is 390 g/mol. The number of furan rings is 1. The number of aromatic nitrogens is 6. The molecule has 29 heavy (non-hydrogen) atoms. The van der Waals surface area contributed by atoms with Gasteiger partial charge in [-0.25, -0.2) is 9.67 Å². The van der Waals surface area contributed by atoms with Crippen molar-refractivity contribution in [3.63, 3.8) is 0 Å². The van der Waals surface area contributed by atoms with Gasteiger partial charge in [-0.15, -0.1) is 0 Å². The summed E-state index contributed by atoms with van der Waals surface area (Å²) < 4.78 is 9.65. The number of rotatable bonds is 6. The molecule has 0 atom stereocenters. The summed E-state index contributed by atoms with van der Waals surface area (Å²) in [6.07, 6.45) is 3.25. The van der Waals surface area contributed by atoms with Crippen LogP contribution in [0.4, 0.5) is 0 Å². The normalized spacial score (nSPS) is 11.4. The van der Waals surface area contributed by atoms with E-state index >= 15 is 0 Å². The van der Waals surface area contributed by atoms with Gasteiger partial charge in [-0.3, -0.25) is 9.89 Å². The van der Waals surface area contributed by atoms with Crippen LogP contribution in [0.15, 0.2) is 35.1 Å². The maximum Gasteiger partial charge on any atom is 0.252 e. The SMILES string of the molecule is CCn1c(CNC(=O)c2cc(-c3ccco3)nc3c2cnn3C(C)C)n[nH]c1=S. The average molecular weight is 411 g/mol. The molecule has 0 bridgehead atoms. The number of carbonyl (C=O) groups excluding carboxylic acids is 1. The van der Waals surface area contributed by atoms with Gasteiger partial charge >= 0.3 is 0 Å². The Kier molecular flexibility index (Phi) is 5.01. The van der Waals surface area contributed by atoms with E-state index in [2.05, 4.69) is 25.6 Å². The minimum absolute atomic E-state index is 0.0980. The number of aromatic amines is 1. The standard InChI is InChI=1S/C19H21N7O2S/c1-4-25-16(23-24-19(25)29)10-20-18(27)12-8-14(15-6-5-7-28-15)22-17-13(12)9-21-26(17)11(2)3/h5-9,11H,4,10H2,1-3H3,(H,20,27)(H,24,29). The Bertz CT molecular complexity index is 1220. The van der Waals surface area contributed by atoms with Crippen molar-refractivity contribution in [2.24, 2.45) is 0 Å². The molecular formula is C19H21N7O2S. The zero-order valence-electron chi connectivity index (χ0n) is 16.3. The first-order chi connectivity index (χ1) is 14.0. The Morgan fingerprint density at radius 2 is 2.24 bits per heavy atom. The number of nitrogens with zero attached hydrogens (tertiary/aromatic N) is 5. The van der Waals surface area contributed by atoms with E-state index in [1.54, 1.807) is 29.3 Å². The fourth-order valence-corrected chi connectivity index (χ4v) is 3.48. The summed E-state index contributed by atoms with van der Waals surface area (Å²) in [4.78, 5) is 17.7. The average Bonchev–Trinajstić information content (AvgIpc) is 3.44. The molecule has 1 amide bonds. The number of H-pyrrole nitrogens is 1. The third-order valence-corrected chi connectivity index (χ3v) is 4.95. The Labute approximate surface area is 171 Å². The topological polar surface area (TPSA) is 107 Å². The monoisotopic (exact) mass is 411 g/mol. The number of carbonyl (C=O) groups is 1. The first kappa shape index (κ1) is 19.1. The predicted molar refractivity (Wildman–Crippen MR) is 110 cm³/mol. The van der Waals surface area contributed by atoms with Gasteiger partial charge < -0.3 is 14.3 Å². The first-order valence-electron chi connectivity index (χ1n) is 9.34. The lowest BCUT2D eigenvalue weighted by molar-refractivity contribution is 0.0951. The zero-order chi connectivity index (χ0) is 20.5. The molecule has 0 aliphatic heterocycles. The van der Waals surface area contributed by atoms with Crippen molar-refractivity contribution < 1.29 is 9.21 Å². The Morgan fingerprint density at radius 1 is 1.41 bits per heavy atom. The molecule has 4 heterocycles. The lowest BCUT2D eigenvalue weighted by Crippen LogP contribution is -2.25. The van der Waals surface area contributed by atoms with Crippen molar-refractivity contribution in [2.75, 3.05) is 0 Å². The van der Waals surface area contributed by atoms with Crippen molar-refractivity contribution in [2.45, 2.75) is 39.9 Å². The molecule has 0 fully saturated rings. The number of pyridine rings is 1. The van der Waals surface area contributed by atoms with Gasteiger partial charge in [-0.2, -0.15) is 10.2 Å². The summed E-state index contributed by atoms with van der Waals surface area (Å²) in [5, 5.41) is 15.0. The molecule has 4 rings (SSSR count). The number of hydrogen-bond donors (Lipinski definition) is 2. The fraction of sp³-hybridized carbons (Fsp3) is 0.316. The third kappa shape index (κ3) is 3.46. The Morgan fingerprint density at radius 3 is 2.93 bits per heavy atom. The van der Waals surface area contributed by atoms with Crippen LogP contribution in [0.2, 0.25) is 0 Å². The minimum Gasteiger partial charge on any atom is -0.463 e. The Hall–Kier alpha value is -3.27. The summed E-state index contributed by atoms with van der Waals surface area (Å²) in [5.74, 6) is 1.01. The van der Waals surface area contributed by atoms with Crippen LogP contribution in [-0.2, 0) is 13.1 Å². The molecule has 0 unspecified atom stereocenters. The zero-order valence-corrected chi connectivity index (χ0v) is 17.2. The highest BCUT2D eigenvalue weighted by Gasteiger charge is 2.19. The number of nitrogens with one attached hydrogen (secondary N) is 2. The second-order valence-electron chi connectivity index (χ2n) is 6.82. The molecule has 4 aromatic rings. The molecule has 0 aliphatic rings. The van der Waals surface area contributed by atoms with Gasteiger partial charge in [-0.05, 0) is 51.2 Å². The van der Waals surface area contributed by atoms with Gasteiger partial charge in [0.05, 0.1) is 30.0 Å². The van der Waals surface area contributed by atoms with Crippen LogP contribution in [0.5, 0.6) is 0 Å². The summed E-state index contributed by atoms with van der Waals surface area (Å²) >= 11 is 5.20. The van der Waals surface area contributed by atoms with E-state index in [9.17, 15) is 4.79 Å². The Balaban J connectivity index is 1.73. The number of fused-ring (bicyclic) bond motifs is 1. The van der Waals surface area contributed by atoms with Crippen LogP contribution in [0.3, 0.4) is 0 Å². The molecule has 9 nitrogen and oxygen atoms in total. The summed E-state index contributed by atoms with van der Waals surface area (Å²) in [6.45, 7) is 6.92. The lowest BCUT2D eigenvalue weighted by atomic mass is 10.1. The van der Waals surface area contributed by atoms with Crippen molar-refractivity contribution in [1.29, 1.82) is 0 Å². The van der Waals surface area contributed by atoms with Gasteiger partial charge in [0.1, 0.15) is 5.69 Å². The maximum atomic E-state index is 13.1. The van der Waals surface area contributed by atoms with Gasteiger partial charge in [0.2, 0.25) is 0 Å². The number of hydrogen-bond acceptors (Lipinski definition) is 6. The molecule has 0 aromatic carbocycles. The van der Waals surface area contributed by atoms with Crippen molar-refractivity contribution >= 4 is 29.2 Å².